The molecule has 3 aromatic rings. The summed E-state index contributed by atoms with van der Waals surface area (Å²) in [7, 11) is 4.04. The first kappa shape index (κ1) is 13.9. The Morgan fingerprint density at radius 1 is 1.19 bits per heavy atom. The molecule has 0 amide bonds. The van der Waals surface area contributed by atoms with E-state index < -0.39 is 0 Å². The molecule has 0 bridgehead atoms. The molecule has 0 aliphatic rings. The van der Waals surface area contributed by atoms with Crippen LogP contribution in [0.5, 0.6) is 0 Å². The van der Waals surface area contributed by atoms with Crippen molar-refractivity contribution in [1.82, 2.24) is 9.38 Å². The van der Waals surface area contributed by atoms with Gasteiger partial charge in [0, 0.05) is 36.0 Å². The molecule has 2 heterocycles. The summed E-state index contributed by atoms with van der Waals surface area (Å²) in [6.45, 7) is 2.04. The van der Waals surface area contributed by atoms with Crippen molar-refractivity contribution in [2.45, 2.75) is 6.92 Å². The Bertz CT molecular complexity index is 803. The summed E-state index contributed by atoms with van der Waals surface area (Å²) in [6.07, 6.45) is 1.96. The molecule has 4 nitrogen and oxygen atoms in total. The number of hydrogen-bond donors (Lipinski definition) is 1. The minimum absolute atomic E-state index is 0.656. The first-order chi connectivity index (χ1) is 9.97. The van der Waals surface area contributed by atoms with Crippen LogP contribution in [0.3, 0.4) is 0 Å². The molecule has 2 aromatic heterocycles. The van der Waals surface area contributed by atoms with Gasteiger partial charge in [-0.3, -0.25) is 4.40 Å². The number of aryl methyl sites for hydroxylation is 1. The molecule has 3 rings (SSSR count). The van der Waals surface area contributed by atoms with Crippen molar-refractivity contribution >= 4 is 33.1 Å². The molecule has 0 radical (unpaired) electrons. The van der Waals surface area contributed by atoms with E-state index in [4.69, 9.17) is 5.73 Å². The van der Waals surface area contributed by atoms with E-state index in [1.165, 1.54) is 0 Å². The van der Waals surface area contributed by atoms with E-state index in [1.54, 1.807) is 0 Å². The third kappa shape index (κ3) is 2.38. The Morgan fingerprint density at radius 2 is 1.86 bits per heavy atom. The maximum Gasteiger partial charge on any atom is 0.139 e. The highest BCUT2D eigenvalue weighted by Crippen LogP contribution is 2.29. The molecule has 0 saturated heterocycles. The van der Waals surface area contributed by atoms with E-state index in [0.29, 0.717) is 5.82 Å². The lowest BCUT2D eigenvalue weighted by Gasteiger charge is -2.12. The fraction of sp³-hybridized carbons (Fsp3) is 0.188. The van der Waals surface area contributed by atoms with Gasteiger partial charge in [-0.1, -0.05) is 12.1 Å². The number of rotatable bonds is 2. The molecule has 108 valence electrons. The Morgan fingerprint density at radius 3 is 2.48 bits per heavy atom. The topological polar surface area (TPSA) is 46.6 Å². The van der Waals surface area contributed by atoms with Crippen LogP contribution in [0.2, 0.25) is 0 Å². The first-order valence-electron chi connectivity index (χ1n) is 6.69. The number of anilines is 2. The van der Waals surface area contributed by atoms with Gasteiger partial charge in [0.25, 0.3) is 0 Å². The summed E-state index contributed by atoms with van der Waals surface area (Å²) in [4.78, 5) is 6.73. The van der Waals surface area contributed by atoms with Gasteiger partial charge in [-0.25, -0.2) is 4.98 Å². The van der Waals surface area contributed by atoms with Gasteiger partial charge in [-0.15, -0.1) is 0 Å². The fourth-order valence-electron chi connectivity index (χ4n) is 2.31. The molecule has 0 fully saturated rings. The normalized spacial score (nSPS) is 11.0. The van der Waals surface area contributed by atoms with Gasteiger partial charge in [0.2, 0.25) is 0 Å². The molecular formula is C16H17BrN4. The molecule has 0 unspecified atom stereocenters. The minimum Gasteiger partial charge on any atom is -0.383 e. The SMILES string of the molecule is Cc1cc2nc(-c3ccc(N(C)C)cc3)c(N)n2cc1Br. The zero-order chi connectivity index (χ0) is 15.1. The van der Waals surface area contributed by atoms with E-state index in [0.717, 1.165) is 32.6 Å². The van der Waals surface area contributed by atoms with E-state index >= 15 is 0 Å². The molecular weight excluding hydrogens is 328 g/mol. The molecule has 5 heteroatoms. The van der Waals surface area contributed by atoms with Gasteiger partial charge in [0.15, 0.2) is 0 Å². The lowest BCUT2D eigenvalue weighted by molar-refractivity contribution is 1.13. The third-order valence-electron chi connectivity index (χ3n) is 3.60. The summed E-state index contributed by atoms with van der Waals surface area (Å²) in [5.41, 5.74) is 11.3. The third-order valence-corrected chi connectivity index (χ3v) is 4.43. The van der Waals surface area contributed by atoms with Crippen molar-refractivity contribution in [2.24, 2.45) is 0 Å². The Hall–Kier alpha value is -2.01. The number of aromatic nitrogens is 2. The van der Waals surface area contributed by atoms with E-state index in [9.17, 15) is 0 Å². The number of nitrogens with two attached hydrogens (primary N) is 1. The summed E-state index contributed by atoms with van der Waals surface area (Å²) >= 11 is 3.53. The smallest absolute Gasteiger partial charge is 0.139 e. The quantitative estimate of drug-likeness (QED) is 0.770. The number of pyridine rings is 1. The largest absolute Gasteiger partial charge is 0.383 e. The monoisotopic (exact) mass is 344 g/mol. The van der Waals surface area contributed by atoms with Crippen LogP contribution in [0.4, 0.5) is 11.5 Å². The maximum atomic E-state index is 6.26. The van der Waals surface area contributed by atoms with Gasteiger partial charge in [0.05, 0.1) is 0 Å². The molecule has 21 heavy (non-hydrogen) atoms. The summed E-state index contributed by atoms with van der Waals surface area (Å²) in [5, 5.41) is 0. The van der Waals surface area contributed by atoms with Crippen molar-refractivity contribution in [3.05, 3.63) is 46.6 Å². The summed E-state index contributed by atoms with van der Waals surface area (Å²) < 4.78 is 2.93. The average Bonchev–Trinajstić information content (AvgIpc) is 2.77. The fourth-order valence-corrected chi connectivity index (χ4v) is 2.63. The molecule has 0 aliphatic heterocycles. The molecule has 0 spiro atoms. The lowest BCUT2D eigenvalue weighted by atomic mass is 10.1. The van der Waals surface area contributed by atoms with Crippen LogP contribution in [0.1, 0.15) is 5.56 Å². The van der Waals surface area contributed by atoms with Crippen LogP contribution in [-0.4, -0.2) is 23.5 Å². The Labute approximate surface area is 132 Å². The van der Waals surface area contributed by atoms with Crippen LogP contribution < -0.4 is 10.6 Å². The second kappa shape index (κ2) is 5.07. The number of halogens is 1. The van der Waals surface area contributed by atoms with E-state index in [1.807, 2.05) is 37.7 Å². The molecule has 0 saturated carbocycles. The van der Waals surface area contributed by atoms with Crippen LogP contribution in [0.15, 0.2) is 41.0 Å². The van der Waals surface area contributed by atoms with Crippen molar-refractivity contribution < 1.29 is 0 Å². The zero-order valence-electron chi connectivity index (χ0n) is 12.3. The van der Waals surface area contributed by atoms with Gasteiger partial charge in [-0.2, -0.15) is 0 Å². The second-order valence-electron chi connectivity index (χ2n) is 5.32. The van der Waals surface area contributed by atoms with Crippen LogP contribution in [0.25, 0.3) is 16.9 Å². The molecule has 0 aliphatic carbocycles. The number of fused-ring (bicyclic) bond motifs is 1. The summed E-state index contributed by atoms with van der Waals surface area (Å²) in [6, 6.07) is 10.3. The van der Waals surface area contributed by atoms with E-state index in [2.05, 4.69) is 50.1 Å². The highest BCUT2D eigenvalue weighted by atomic mass is 79.9. The predicted octanol–water partition coefficient (Wildman–Crippen LogP) is 3.72. The standard InChI is InChI=1S/C16H17BrN4/c1-10-8-14-19-15(16(18)21(14)9-13(10)17)11-4-6-12(7-5-11)20(2)3/h4-9H,18H2,1-3H3. The van der Waals surface area contributed by atoms with Gasteiger partial charge in [-0.05, 0) is 46.6 Å². The summed E-state index contributed by atoms with van der Waals surface area (Å²) in [5.74, 6) is 0.656. The van der Waals surface area contributed by atoms with Crippen molar-refractivity contribution in [2.75, 3.05) is 24.7 Å². The van der Waals surface area contributed by atoms with Crippen molar-refractivity contribution in [1.29, 1.82) is 0 Å². The van der Waals surface area contributed by atoms with Crippen molar-refractivity contribution in [3.8, 4) is 11.3 Å². The number of imidazole rings is 1. The van der Waals surface area contributed by atoms with Gasteiger partial charge < -0.3 is 10.6 Å². The predicted molar refractivity (Wildman–Crippen MR) is 91.8 cm³/mol. The minimum atomic E-state index is 0.656. The Kier molecular flexibility index (Phi) is 3.37. The van der Waals surface area contributed by atoms with Crippen LogP contribution >= 0.6 is 15.9 Å². The highest BCUT2D eigenvalue weighted by molar-refractivity contribution is 9.10. The van der Waals surface area contributed by atoms with Crippen molar-refractivity contribution in [3.63, 3.8) is 0 Å². The average molecular weight is 345 g/mol. The first-order valence-corrected chi connectivity index (χ1v) is 7.48. The lowest BCUT2D eigenvalue weighted by Crippen LogP contribution is -2.07. The van der Waals surface area contributed by atoms with Crippen LogP contribution in [0, 0.1) is 6.92 Å². The van der Waals surface area contributed by atoms with E-state index in [-0.39, 0.29) is 0 Å². The molecule has 0 atom stereocenters. The number of nitrogens with zero attached hydrogens (tertiary/aromatic N) is 3. The molecule has 1 aromatic carbocycles. The highest BCUT2D eigenvalue weighted by Gasteiger charge is 2.12. The van der Waals surface area contributed by atoms with Gasteiger partial charge in [0.1, 0.15) is 17.2 Å². The number of benzene rings is 1. The Balaban J connectivity index is 2.14. The zero-order valence-corrected chi connectivity index (χ0v) is 13.8. The second-order valence-corrected chi connectivity index (χ2v) is 6.17. The molecule has 2 N–H and O–H groups in total. The van der Waals surface area contributed by atoms with Crippen LogP contribution in [-0.2, 0) is 0 Å². The number of nitrogen functional groups attached to an aromatic ring is 1. The maximum absolute atomic E-state index is 6.26. The van der Waals surface area contributed by atoms with Gasteiger partial charge >= 0.3 is 0 Å². The number of hydrogen-bond acceptors (Lipinski definition) is 3.